The van der Waals surface area contributed by atoms with Crippen LogP contribution < -0.4 is 36.7 Å². The first-order valence-electron chi connectivity index (χ1n) is 24.2. The molecule has 1 amide bonds. The summed E-state index contributed by atoms with van der Waals surface area (Å²) in [4.78, 5) is 45.4. The number of aromatic nitrogens is 4. The van der Waals surface area contributed by atoms with E-state index in [-0.39, 0.29) is 35.3 Å². The normalized spacial score (nSPS) is 14.2. The molecular weight excluding hydrogens is 1040 g/mol. The molecule has 1 aliphatic heterocycles. The summed E-state index contributed by atoms with van der Waals surface area (Å²) in [6, 6.07) is 35.4. The Labute approximate surface area is 457 Å². The monoisotopic (exact) mass is 1080 g/mol. The molecule has 0 radical (unpaired) electrons. The van der Waals surface area contributed by atoms with Crippen molar-refractivity contribution >= 4 is 58.7 Å². The van der Waals surface area contributed by atoms with Gasteiger partial charge in [0.05, 0.1) is 36.0 Å². The predicted octanol–water partition coefficient (Wildman–Crippen LogP) is 12.6. The van der Waals surface area contributed by atoms with E-state index in [0.29, 0.717) is 34.6 Å². The topological polar surface area (TPSA) is 233 Å². The van der Waals surface area contributed by atoms with Gasteiger partial charge < -0.3 is 24.8 Å². The number of nitrogens with one attached hydrogen (secondary N) is 4. The summed E-state index contributed by atoms with van der Waals surface area (Å²) in [5.74, 6) is 7.43. The molecule has 4 N–H and O–H groups in total. The fourth-order valence-electron chi connectivity index (χ4n) is 7.73. The van der Waals surface area contributed by atoms with E-state index < -0.39 is 29.1 Å². The fraction of sp³-hybridized carbons (Fsp3) is 0.186. The van der Waals surface area contributed by atoms with Gasteiger partial charge in [0.25, 0.3) is 11.2 Å². The smallest absolute Gasteiger partial charge is 0.445 e. The number of nitriles is 3. The Morgan fingerprint density at radius 1 is 0.835 bits per heavy atom. The third-order valence-corrected chi connectivity index (χ3v) is 11.8. The maximum absolute atomic E-state index is 13.6. The van der Waals surface area contributed by atoms with Crippen molar-refractivity contribution in [2.45, 2.75) is 58.9 Å². The highest BCUT2D eigenvalue weighted by Gasteiger charge is 2.62. The van der Waals surface area contributed by atoms with E-state index in [2.05, 4.69) is 53.5 Å². The first-order chi connectivity index (χ1) is 37.8. The number of amides is 1. The second kappa shape index (κ2) is 25.6. The van der Waals surface area contributed by atoms with Crippen molar-refractivity contribution < 1.29 is 32.2 Å². The highest BCUT2D eigenvalue weighted by Crippen LogP contribution is 2.48. The lowest BCUT2D eigenvalue weighted by atomic mass is 9.90. The van der Waals surface area contributed by atoms with Crippen molar-refractivity contribution in [1.82, 2.24) is 19.5 Å². The van der Waals surface area contributed by atoms with Crippen LogP contribution in [0.3, 0.4) is 0 Å². The molecule has 7 aromatic rings. The Bertz CT molecular complexity index is 3760. The van der Waals surface area contributed by atoms with Crippen LogP contribution in [-0.4, -0.2) is 38.4 Å². The summed E-state index contributed by atoms with van der Waals surface area (Å²) >= 11 is 5.78. The number of nitrogens with zero attached hydrogens (tertiary/aromatic N) is 6. The molecule has 0 saturated heterocycles. The summed E-state index contributed by atoms with van der Waals surface area (Å²) in [6.45, 7) is 8.41. The number of allylic oxidation sites excluding steroid dienone is 2. The zero-order valence-corrected chi connectivity index (χ0v) is 43.6. The third-order valence-electron chi connectivity index (χ3n) is 11.6. The van der Waals surface area contributed by atoms with E-state index >= 15 is 0 Å². The van der Waals surface area contributed by atoms with Gasteiger partial charge in [0.1, 0.15) is 18.2 Å². The average Bonchev–Trinajstić information content (AvgIpc) is 4.39. The first-order valence-corrected chi connectivity index (χ1v) is 24.6. The number of hydrogen-bond donors (Lipinski definition) is 4. The van der Waals surface area contributed by atoms with Gasteiger partial charge in [0.15, 0.2) is 11.5 Å². The molecule has 20 heteroatoms. The molecule has 1 aliphatic carbocycles. The van der Waals surface area contributed by atoms with Gasteiger partial charge in [0.2, 0.25) is 5.95 Å². The lowest BCUT2D eigenvalue weighted by Gasteiger charge is -2.35. The lowest BCUT2D eigenvalue weighted by Crippen LogP contribution is -2.49. The predicted molar refractivity (Wildman–Crippen MR) is 294 cm³/mol. The summed E-state index contributed by atoms with van der Waals surface area (Å²) < 4.78 is 58.7. The highest BCUT2D eigenvalue weighted by atomic mass is 35.5. The van der Waals surface area contributed by atoms with Crippen LogP contribution in [0, 0.1) is 79.4 Å². The highest BCUT2D eigenvalue weighted by molar-refractivity contribution is 6.30. The molecule has 398 valence electrons. The number of benzene rings is 5. The quantitative estimate of drug-likeness (QED) is 0.0659. The van der Waals surface area contributed by atoms with Gasteiger partial charge in [-0.15, -0.1) is 0 Å². The molecule has 9 rings (SSSR count). The Kier molecular flexibility index (Phi) is 18.4. The number of hydrogen-bond acceptors (Lipinski definition) is 13. The van der Waals surface area contributed by atoms with Gasteiger partial charge >= 0.3 is 18.0 Å². The number of cyclic esters (lactones) is 1. The SMILES string of the molecule is Cc1cc(/C=C/C#N)cc(C)c1Nc1ccnc(Nc2ccc(C#N)cc2)n1.Cc1cc(/C=C/C#N)cc(Oc2ccc(C)cc2OCCn2ccc(=O)[nH]c2=O)c1.O=C1Nc2ccc(Cl)cc2[C@@](C#CC2CC2)(C(F)(F)F)O1. The van der Waals surface area contributed by atoms with Crippen molar-refractivity contribution in [3.8, 4) is 47.3 Å². The minimum Gasteiger partial charge on any atom is -0.488 e. The van der Waals surface area contributed by atoms with E-state index in [0.717, 1.165) is 63.7 Å². The number of anilines is 5. The van der Waals surface area contributed by atoms with Crippen LogP contribution in [0.5, 0.6) is 17.2 Å². The maximum atomic E-state index is 13.6. The molecule has 1 fully saturated rings. The van der Waals surface area contributed by atoms with Crippen molar-refractivity contribution in [3.05, 3.63) is 198 Å². The van der Waals surface area contributed by atoms with Gasteiger partial charge in [0, 0.05) is 58.5 Å². The fourth-order valence-corrected chi connectivity index (χ4v) is 7.90. The number of ether oxygens (including phenoxy) is 3. The number of H-pyrrole nitrogens is 1. The molecule has 0 bridgehead atoms. The van der Waals surface area contributed by atoms with E-state index in [1.807, 2.05) is 100 Å². The lowest BCUT2D eigenvalue weighted by molar-refractivity contribution is -0.239. The number of rotatable bonds is 12. The molecule has 3 heterocycles. The molecule has 2 aliphatic rings. The van der Waals surface area contributed by atoms with Crippen LogP contribution in [0.1, 0.15) is 57.3 Å². The van der Waals surface area contributed by atoms with E-state index in [1.54, 1.807) is 36.5 Å². The van der Waals surface area contributed by atoms with Gasteiger partial charge in [-0.1, -0.05) is 29.7 Å². The van der Waals surface area contributed by atoms with Crippen LogP contribution in [0.2, 0.25) is 5.02 Å². The number of aryl methyl sites for hydroxylation is 4. The summed E-state index contributed by atoms with van der Waals surface area (Å²) in [5.41, 5.74) is 4.12. The minimum atomic E-state index is -4.87. The van der Waals surface area contributed by atoms with Crippen molar-refractivity contribution in [2.24, 2.45) is 5.92 Å². The number of aromatic amines is 1. The van der Waals surface area contributed by atoms with E-state index in [4.69, 9.17) is 36.9 Å². The number of alkyl halides is 3. The summed E-state index contributed by atoms with van der Waals surface area (Å²) in [6.07, 6.45) is 4.95. The maximum Gasteiger partial charge on any atom is 0.445 e. The molecule has 0 unspecified atom stereocenters. The molecule has 2 aromatic heterocycles. The Morgan fingerprint density at radius 2 is 1.54 bits per heavy atom. The zero-order valence-electron chi connectivity index (χ0n) is 42.8. The Balaban J connectivity index is 0.000000174. The average molecular weight is 1090 g/mol. The van der Waals surface area contributed by atoms with Crippen molar-refractivity contribution in [1.29, 1.82) is 15.8 Å². The second-order valence-corrected chi connectivity index (χ2v) is 18.3. The van der Waals surface area contributed by atoms with Crippen molar-refractivity contribution in [3.63, 3.8) is 0 Å². The number of halogens is 4. The van der Waals surface area contributed by atoms with Gasteiger partial charge in [-0.25, -0.2) is 14.6 Å². The van der Waals surface area contributed by atoms with Crippen LogP contribution in [0.4, 0.5) is 46.8 Å². The van der Waals surface area contributed by atoms with Crippen LogP contribution in [-0.2, 0) is 16.9 Å². The minimum absolute atomic E-state index is 0.00179. The van der Waals surface area contributed by atoms with Crippen LogP contribution in [0.25, 0.3) is 12.2 Å². The Hall–Kier alpha value is -10.1. The molecular formula is C59H48ClF3N10O6. The summed E-state index contributed by atoms with van der Waals surface area (Å²) in [5, 5.41) is 35.1. The van der Waals surface area contributed by atoms with Crippen molar-refractivity contribution in [2.75, 3.05) is 22.6 Å². The van der Waals surface area contributed by atoms with Gasteiger partial charge in [-0.3, -0.25) is 19.7 Å². The standard InChI is InChI=1S/C23H21N3O4.C22H18N6.C14H9ClF3NO2/c1-16-5-6-20(30-19-13-17(2)12-18(15-19)4-3-8-24)21(14-16)29-11-10-26-9-7-22(27)25-23(26)28;1-15-12-18(4-3-10-23)13-16(2)21(15)27-20-9-11-25-22(28-20)26-19-7-5-17(14-24)6-8-19;15-9-3-4-11-10(7-9)13(14(16,17)18,21-12(20)19-11)6-5-8-1-2-8/h3-7,9,12-15H,10-11H2,1-2H3,(H,25,27,28);3-9,11-13H,1-2H3,(H2,25,26,27,28);3-4,7-8H,1-2H2,(H,19,20)/b2*4-3+;/t;;13-/m..0/s1. The Morgan fingerprint density at radius 3 is 2.20 bits per heavy atom. The number of carbonyl (C=O) groups excluding carboxylic acids is 1. The number of carbonyl (C=O) groups is 1. The molecule has 16 nitrogen and oxygen atoms in total. The van der Waals surface area contributed by atoms with E-state index in [1.165, 1.54) is 41.1 Å². The van der Waals surface area contributed by atoms with Gasteiger partial charge in [-0.05, 0) is 177 Å². The molecule has 0 spiro atoms. The first kappa shape index (κ1) is 56.6. The molecule has 1 atom stereocenters. The largest absolute Gasteiger partial charge is 0.488 e. The number of fused-ring (bicyclic) bond motifs is 1. The molecule has 1 saturated carbocycles. The second-order valence-electron chi connectivity index (χ2n) is 17.9. The van der Waals surface area contributed by atoms with Gasteiger partial charge in [-0.2, -0.15) is 33.9 Å². The summed E-state index contributed by atoms with van der Waals surface area (Å²) in [7, 11) is 0. The zero-order chi connectivity index (χ0) is 56.7. The third kappa shape index (κ3) is 15.5. The molecule has 5 aromatic carbocycles. The molecule has 79 heavy (non-hydrogen) atoms. The van der Waals surface area contributed by atoms with Crippen LogP contribution in [0.15, 0.2) is 137 Å². The van der Waals surface area contributed by atoms with Crippen LogP contribution >= 0.6 is 11.6 Å². The van der Waals surface area contributed by atoms with E-state index in [9.17, 15) is 27.6 Å².